The minimum Gasteiger partial charge on any atom is -0.497 e. The lowest BCUT2D eigenvalue weighted by Crippen LogP contribution is -2.24. The molecule has 0 spiro atoms. The summed E-state index contributed by atoms with van der Waals surface area (Å²) in [6.45, 7) is 0.887. The maximum absolute atomic E-state index is 12.5. The molecule has 0 atom stereocenters. The van der Waals surface area contributed by atoms with Gasteiger partial charge in [0.25, 0.3) is 5.91 Å². The normalized spacial score (nSPS) is 10.8. The van der Waals surface area contributed by atoms with Crippen LogP contribution in [0.5, 0.6) is 5.75 Å². The second-order valence-corrected chi connectivity index (χ2v) is 7.01. The molecule has 3 aromatic carbocycles. The van der Waals surface area contributed by atoms with Gasteiger partial charge in [-0.3, -0.25) is 4.79 Å². The monoisotopic (exact) mass is 405 g/mol. The first-order valence-corrected chi connectivity index (χ1v) is 9.63. The van der Waals surface area contributed by atoms with Crippen LogP contribution in [0.4, 0.5) is 0 Å². The van der Waals surface area contributed by atoms with Crippen LogP contribution >= 0.6 is 11.6 Å². The third-order valence-corrected chi connectivity index (χ3v) is 5.15. The smallest absolute Gasteiger partial charge is 0.251 e. The SMILES string of the molecule is COc1ccc(C(=O)NCc2nc3ccccc3n2Cc2ccccc2Cl)cc1. The van der Waals surface area contributed by atoms with Crippen molar-refractivity contribution in [3.05, 3.63) is 94.8 Å². The van der Waals surface area contributed by atoms with Crippen LogP contribution in [0, 0.1) is 0 Å². The van der Waals surface area contributed by atoms with E-state index in [-0.39, 0.29) is 5.91 Å². The van der Waals surface area contributed by atoms with Gasteiger partial charge in [-0.25, -0.2) is 4.98 Å². The third-order valence-electron chi connectivity index (χ3n) is 4.78. The van der Waals surface area contributed by atoms with Crippen LogP contribution in [0.25, 0.3) is 11.0 Å². The Balaban J connectivity index is 1.59. The van der Waals surface area contributed by atoms with Crippen LogP contribution in [0.3, 0.4) is 0 Å². The number of benzene rings is 3. The number of hydrogen-bond acceptors (Lipinski definition) is 3. The molecule has 0 saturated carbocycles. The minimum atomic E-state index is -0.163. The lowest BCUT2D eigenvalue weighted by Gasteiger charge is -2.12. The molecule has 4 aromatic rings. The lowest BCUT2D eigenvalue weighted by molar-refractivity contribution is 0.0949. The number of rotatable bonds is 6. The fraction of sp³-hybridized carbons (Fsp3) is 0.130. The minimum absolute atomic E-state index is 0.163. The second kappa shape index (κ2) is 8.37. The molecule has 0 fully saturated rings. The first-order chi connectivity index (χ1) is 14.2. The van der Waals surface area contributed by atoms with Crippen molar-refractivity contribution in [3.8, 4) is 5.75 Å². The fourth-order valence-electron chi connectivity index (χ4n) is 3.24. The number of nitrogens with zero attached hydrogens (tertiary/aromatic N) is 2. The summed E-state index contributed by atoms with van der Waals surface area (Å²) in [5.74, 6) is 1.32. The molecule has 0 aliphatic heterocycles. The van der Waals surface area contributed by atoms with E-state index in [0.717, 1.165) is 22.4 Å². The summed E-state index contributed by atoms with van der Waals surface area (Å²) >= 11 is 6.36. The maximum atomic E-state index is 12.5. The Morgan fingerprint density at radius 2 is 1.76 bits per heavy atom. The fourth-order valence-corrected chi connectivity index (χ4v) is 3.43. The predicted molar refractivity (Wildman–Crippen MR) is 114 cm³/mol. The molecule has 146 valence electrons. The average Bonchev–Trinajstić information content (AvgIpc) is 3.11. The zero-order valence-electron chi connectivity index (χ0n) is 15.9. The zero-order chi connectivity index (χ0) is 20.2. The quantitative estimate of drug-likeness (QED) is 0.507. The Bertz CT molecular complexity index is 1150. The highest BCUT2D eigenvalue weighted by Crippen LogP contribution is 2.22. The van der Waals surface area contributed by atoms with Gasteiger partial charge in [0, 0.05) is 10.6 Å². The highest BCUT2D eigenvalue weighted by atomic mass is 35.5. The summed E-state index contributed by atoms with van der Waals surface area (Å²) in [5.41, 5.74) is 3.45. The van der Waals surface area contributed by atoms with E-state index in [1.165, 1.54) is 0 Å². The number of ether oxygens (including phenoxy) is 1. The molecule has 1 amide bonds. The standard InChI is InChI=1S/C23H20ClN3O2/c1-29-18-12-10-16(11-13-18)23(28)25-14-22-26-20-8-4-5-9-21(20)27(22)15-17-6-2-3-7-19(17)24/h2-13H,14-15H2,1H3,(H,25,28). The van der Waals surface area contributed by atoms with Gasteiger partial charge in [0.1, 0.15) is 11.6 Å². The largest absolute Gasteiger partial charge is 0.497 e. The molecular formula is C23H20ClN3O2. The van der Waals surface area contributed by atoms with Crippen molar-refractivity contribution in [3.63, 3.8) is 0 Å². The summed E-state index contributed by atoms with van der Waals surface area (Å²) < 4.78 is 7.23. The van der Waals surface area contributed by atoms with E-state index in [4.69, 9.17) is 21.3 Å². The number of para-hydroxylation sites is 2. The summed E-state index contributed by atoms with van der Waals surface area (Å²) in [7, 11) is 1.60. The Labute approximate surface area is 173 Å². The molecule has 6 heteroatoms. The van der Waals surface area contributed by atoms with Gasteiger partial charge in [-0.1, -0.05) is 41.9 Å². The molecule has 0 saturated heterocycles. The van der Waals surface area contributed by atoms with Gasteiger partial charge in [0.2, 0.25) is 0 Å². The highest BCUT2D eigenvalue weighted by Gasteiger charge is 2.14. The number of hydrogen-bond donors (Lipinski definition) is 1. The first-order valence-electron chi connectivity index (χ1n) is 9.25. The van der Waals surface area contributed by atoms with E-state index >= 15 is 0 Å². The number of nitrogens with one attached hydrogen (secondary N) is 1. The van der Waals surface area contributed by atoms with Crippen molar-refractivity contribution < 1.29 is 9.53 Å². The zero-order valence-corrected chi connectivity index (χ0v) is 16.7. The van der Waals surface area contributed by atoms with E-state index < -0.39 is 0 Å². The topological polar surface area (TPSA) is 56.1 Å². The van der Waals surface area contributed by atoms with Gasteiger partial charge in [0.05, 0.1) is 31.2 Å². The van der Waals surface area contributed by atoms with Crippen molar-refractivity contribution in [1.82, 2.24) is 14.9 Å². The van der Waals surface area contributed by atoms with Crippen LogP contribution in [0.2, 0.25) is 5.02 Å². The summed E-state index contributed by atoms with van der Waals surface area (Å²) in [6, 6.07) is 22.7. The number of aromatic nitrogens is 2. The molecular weight excluding hydrogens is 386 g/mol. The van der Waals surface area contributed by atoms with Gasteiger partial charge in [-0.15, -0.1) is 0 Å². The van der Waals surface area contributed by atoms with Crippen molar-refractivity contribution in [2.45, 2.75) is 13.1 Å². The van der Waals surface area contributed by atoms with E-state index in [1.54, 1.807) is 31.4 Å². The number of amides is 1. The molecule has 4 rings (SSSR count). The van der Waals surface area contributed by atoms with Gasteiger partial charge in [-0.05, 0) is 48.0 Å². The molecule has 1 heterocycles. The molecule has 0 aliphatic rings. The van der Waals surface area contributed by atoms with Gasteiger partial charge < -0.3 is 14.6 Å². The second-order valence-electron chi connectivity index (χ2n) is 6.61. The van der Waals surface area contributed by atoms with Crippen LogP contribution < -0.4 is 10.1 Å². The Morgan fingerprint density at radius 3 is 2.52 bits per heavy atom. The number of fused-ring (bicyclic) bond motifs is 1. The van der Waals surface area contributed by atoms with E-state index in [9.17, 15) is 4.79 Å². The van der Waals surface area contributed by atoms with E-state index in [1.807, 2.05) is 48.5 Å². The van der Waals surface area contributed by atoms with Crippen LogP contribution in [-0.4, -0.2) is 22.6 Å². The number of carbonyl (C=O) groups excluding carboxylic acids is 1. The van der Waals surface area contributed by atoms with Gasteiger partial charge in [-0.2, -0.15) is 0 Å². The molecule has 0 aliphatic carbocycles. The molecule has 0 bridgehead atoms. The highest BCUT2D eigenvalue weighted by molar-refractivity contribution is 6.31. The van der Waals surface area contributed by atoms with E-state index in [0.29, 0.717) is 29.4 Å². The number of halogens is 1. The summed E-state index contributed by atoms with van der Waals surface area (Å²) in [6.07, 6.45) is 0. The first kappa shape index (κ1) is 19.0. The van der Waals surface area contributed by atoms with Crippen LogP contribution in [-0.2, 0) is 13.1 Å². The van der Waals surface area contributed by atoms with Gasteiger partial charge in [0.15, 0.2) is 0 Å². The average molecular weight is 406 g/mol. The van der Waals surface area contributed by atoms with Crippen LogP contribution in [0.15, 0.2) is 72.8 Å². The number of carbonyl (C=O) groups is 1. The summed E-state index contributed by atoms with van der Waals surface area (Å²) in [4.78, 5) is 17.3. The van der Waals surface area contributed by atoms with E-state index in [2.05, 4.69) is 9.88 Å². The molecule has 29 heavy (non-hydrogen) atoms. The molecule has 0 radical (unpaired) electrons. The Kier molecular flexibility index (Phi) is 5.49. The van der Waals surface area contributed by atoms with Crippen molar-refractivity contribution in [1.29, 1.82) is 0 Å². The molecule has 5 nitrogen and oxygen atoms in total. The molecule has 1 aromatic heterocycles. The van der Waals surface area contributed by atoms with Crippen molar-refractivity contribution in [2.24, 2.45) is 0 Å². The Hall–Kier alpha value is -3.31. The molecule has 0 unspecified atom stereocenters. The summed E-state index contributed by atoms with van der Waals surface area (Å²) in [5, 5.41) is 3.67. The number of methoxy groups -OCH3 is 1. The molecule has 1 N–H and O–H groups in total. The third kappa shape index (κ3) is 4.10. The Morgan fingerprint density at radius 1 is 1.03 bits per heavy atom. The van der Waals surface area contributed by atoms with Crippen LogP contribution in [0.1, 0.15) is 21.7 Å². The number of imidazole rings is 1. The van der Waals surface area contributed by atoms with Crippen molar-refractivity contribution in [2.75, 3.05) is 7.11 Å². The predicted octanol–water partition coefficient (Wildman–Crippen LogP) is 4.68. The maximum Gasteiger partial charge on any atom is 0.251 e. The van der Waals surface area contributed by atoms with Gasteiger partial charge >= 0.3 is 0 Å². The lowest BCUT2D eigenvalue weighted by atomic mass is 10.2. The van der Waals surface area contributed by atoms with Crippen molar-refractivity contribution >= 4 is 28.5 Å².